The van der Waals surface area contributed by atoms with Crippen LogP contribution in [0.3, 0.4) is 0 Å². The van der Waals surface area contributed by atoms with E-state index >= 15 is 0 Å². The largest absolute Gasteiger partial charge is 0.353 e. The number of aromatic amines is 1. The fraction of sp³-hybridized carbons (Fsp3) is 0.250. The molecule has 0 aromatic carbocycles. The van der Waals surface area contributed by atoms with Crippen molar-refractivity contribution in [2.45, 2.75) is 0 Å². The van der Waals surface area contributed by atoms with Crippen LogP contribution >= 0.6 is 0 Å². The summed E-state index contributed by atoms with van der Waals surface area (Å²) in [5.74, 6) is -0.560. The summed E-state index contributed by atoms with van der Waals surface area (Å²) in [5.41, 5.74) is -0.887. The van der Waals surface area contributed by atoms with Gasteiger partial charge >= 0.3 is 5.56 Å². The zero-order valence-corrected chi connectivity index (χ0v) is 5.17. The van der Waals surface area contributed by atoms with Crippen LogP contribution in [0.15, 0.2) is 9.42 Å². The maximum Gasteiger partial charge on any atom is 0.313 e. The molecule has 0 saturated carbocycles. The summed E-state index contributed by atoms with van der Waals surface area (Å²) in [7, 11) is 1.40. The van der Waals surface area contributed by atoms with E-state index in [0.29, 0.717) is 0 Å². The molecule has 2 N–H and O–H groups in total. The van der Waals surface area contributed by atoms with Crippen molar-refractivity contribution in [2.75, 3.05) is 7.05 Å². The summed E-state index contributed by atoms with van der Waals surface area (Å²) >= 11 is 0. The average Bonchev–Trinajstić information content (AvgIpc) is 2.34. The molecular weight excluding hydrogens is 138 g/mol. The van der Waals surface area contributed by atoms with Crippen molar-refractivity contribution in [1.82, 2.24) is 15.6 Å². The number of hydrogen-bond acceptors (Lipinski definition) is 4. The summed E-state index contributed by atoms with van der Waals surface area (Å²) in [4.78, 5) is 21.2. The van der Waals surface area contributed by atoms with Gasteiger partial charge in [0.15, 0.2) is 0 Å². The van der Waals surface area contributed by atoms with Gasteiger partial charge in [-0.05, 0) is 5.16 Å². The van der Waals surface area contributed by atoms with Gasteiger partial charge < -0.3 is 5.32 Å². The number of amides is 1. The molecule has 6 nitrogen and oxygen atoms in total. The Balaban J connectivity index is 3.05. The van der Waals surface area contributed by atoms with Gasteiger partial charge in [0.2, 0.25) is 5.69 Å². The summed E-state index contributed by atoms with van der Waals surface area (Å²) in [6.07, 6.45) is 0. The highest BCUT2D eigenvalue weighted by atomic mass is 16.6. The minimum atomic E-state index is -0.626. The maximum absolute atomic E-state index is 10.6. The van der Waals surface area contributed by atoms with Crippen LogP contribution in [0.5, 0.6) is 0 Å². The van der Waals surface area contributed by atoms with Gasteiger partial charge in [-0.25, -0.2) is 0 Å². The zero-order valence-electron chi connectivity index (χ0n) is 5.17. The van der Waals surface area contributed by atoms with Crippen molar-refractivity contribution in [3.05, 3.63) is 16.0 Å². The van der Waals surface area contributed by atoms with Gasteiger partial charge in [-0.3, -0.25) is 14.2 Å². The normalized spacial score (nSPS) is 9.30. The second kappa shape index (κ2) is 2.34. The van der Waals surface area contributed by atoms with E-state index in [2.05, 4.69) is 15.1 Å². The molecule has 0 aliphatic rings. The lowest BCUT2D eigenvalue weighted by atomic mass is 10.4. The summed E-state index contributed by atoms with van der Waals surface area (Å²) in [5, 5.41) is 7.24. The van der Waals surface area contributed by atoms with Crippen LogP contribution < -0.4 is 10.9 Å². The number of rotatable bonds is 1. The SMILES string of the molecule is CNC(=O)c1no[nH]c1=O. The fourth-order valence-corrected chi connectivity index (χ4v) is 0.463. The molecule has 0 spiro atoms. The van der Waals surface area contributed by atoms with Crippen LogP contribution in [0.25, 0.3) is 0 Å². The minimum absolute atomic E-state index is 0.262. The lowest BCUT2D eigenvalue weighted by Crippen LogP contribution is -2.24. The van der Waals surface area contributed by atoms with Gasteiger partial charge in [0.25, 0.3) is 5.91 Å². The van der Waals surface area contributed by atoms with Gasteiger partial charge in [0.1, 0.15) is 0 Å². The number of carbonyl (C=O) groups is 1. The van der Waals surface area contributed by atoms with E-state index < -0.39 is 11.5 Å². The minimum Gasteiger partial charge on any atom is -0.353 e. The zero-order chi connectivity index (χ0) is 7.56. The van der Waals surface area contributed by atoms with E-state index in [1.54, 1.807) is 0 Å². The van der Waals surface area contributed by atoms with Crippen molar-refractivity contribution in [1.29, 1.82) is 0 Å². The van der Waals surface area contributed by atoms with Gasteiger partial charge in [-0.15, -0.1) is 0 Å². The predicted molar refractivity (Wildman–Crippen MR) is 30.5 cm³/mol. The summed E-state index contributed by atoms with van der Waals surface area (Å²) in [6, 6.07) is 0. The molecule has 0 saturated heterocycles. The van der Waals surface area contributed by atoms with Crippen molar-refractivity contribution >= 4 is 5.91 Å². The number of nitrogens with zero attached hydrogens (tertiary/aromatic N) is 1. The highest BCUT2D eigenvalue weighted by Gasteiger charge is 2.11. The van der Waals surface area contributed by atoms with Crippen molar-refractivity contribution in [3.8, 4) is 0 Å². The lowest BCUT2D eigenvalue weighted by Gasteiger charge is -1.86. The van der Waals surface area contributed by atoms with E-state index in [1.165, 1.54) is 7.05 Å². The Morgan fingerprint density at radius 1 is 1.80 bits per heavy atom. The van der Waals surface area contributed by atoms with Gasteiger partial charge in [-0.1, -0.05) is 0 Å². The molecule has 1 aromatic heterocycles. The number of hydrogen-bond donors (Lipinski definition) is 2. The van der Waals surface area contributed by atoms with Crippen LogP contribution in [-0.2, 0) is 0 Å². The van der Waals surface area contributed by atoms with Gasteiger partial charge in [0.05, 0.1) is 0 Å². The van der Waals surface area contributed by atoms with E-state index in [1.807, 2.05) is 5.16 Å². The molecule has 1 heterocycles. The maximum atomic E-state index is 10.6. The quantitative estimate of drug-likeness (QED) is 0.512. The molecule has 0 radical (unpaired) electrons. The molecule has 6 heteroatoms. The molecule has 0 bridgehead atoms. The third-order valence-corrected chi connectivity index (χ3v) is 0.932. The highest BCUT2D eigenvalue weighted by Crippen LogP contribution is 1.79. The molecular formula is C4H5N3O3. The second-order valence-corrected chi connectivity index (χ2v) is 1.54. The van der Waals surface area contributed by atoms with Crippen LogP contribution in [-0.4, -0.2) is 23.3 Å². The van der Waals surface area contributed by atoms with Crippen molar-refractivity contribution in [3.63, 3.8) is 0 Å². The molecule has 0 unspecified atom stereocenters. The molecule has 1 amide bonds. The Morgan fingerprint density at radius 2 is 2.50 bits per heavy atom. The number of nitrogens with one attached hydrogen (secondary N) is 2. The van der Waals surface area contributed by atoms with E-state index in [4.69, 9.17) is 0 Å². The van der Waals surface area contributed by atoms with Crippen LogP contribution in [0.2, 0.25) is 0 Å². The first-order chi connectivity index (χ1) is 4.75. The number of H-pyrrole nitrogens is 1. The molecule has 0 fully saturated rings. The predicted octanol–water partition coefficient (Wildman–Crippen LogP) is -1.28. The number of carbonyl (C=O) groups excluding carboxylic acids is 1. The Morgan fingerprint density at radius 3 is 2.90 bits per heavy atom. The van der Waals surface area contributed by atoms with Crippen LogP contribution in [0.1, 0.15) is 10.5 Å². The Bertz CT molecular complexity index is 286. The van der Waals surface area contributed by atoms with Gasteiger partial charge in [-0.2, -0.15) is 5.16 Å². The monoisotopic (exact) mass is 143 g/mol. The highest BCUT2D eigenvalue weighted by molar-refractivity contribution is 5.91. The molecule has 54 valence electrons. The summed E-state index contributed by atoms with van der Waals surface area (Å²) in [6.45, 7) is 0. The topological polar surface area (TPSA) is 88.0 Å². The Hall–Kier alpha value is -1.59. The third-order valence-electron chi connectivity index (χ3n) is 0.932. The molecule has 10 heavy (non-hydrogen) atoms. The standard InChI is InChI=1S/C4H5N3O3/c1-5-3(8)2-4(9)7-10-6-2/h1H3,(H,5,8)(H,7,9). The Kier molecular flexibility index (Phi) is 1.53. The van der Waals surface area contributed by atoms with E-state index in [0.717, 1.165) is 0 Å². The fourth-order valence-electron chi connectivity index (χ4n) is 0.463. The van der Waals surface area contributed by atoms with Crippen molar-refractivity contribution in [2.24, 2.45) is 0 Å². The molecule has 1 rings (SSSR count). The molecule has 0 aliphatic carbocycles. The first kappa shape index (κ1) is 6.53. The second-order valence-electron chi connectivity index (χ2n) is 1.54. The summed E-state index contributed by atoms with van der Waals surface area (Å²) < 4.78 is 4.12. The van der Waals surface area contributed by atoms with Crippen LogP contribution in [0.4, 0.5) is 0 Å². The number of aromatic nitrogens is 2. The molecule has 0 atom stereocenters. The van der Waals surface area contributed by atoms with E-state index in [9.17, 15) is 9.59 Å². The smallest absolute Gasteiger partial charge is 0.313 e. The Labute approximate surface area is 55.2 Å². The van der Waals surface area contributed by atoms with Crippen molar-refractivity contribution < 1.29 is 9.42 Å². The van der Waals surface area contributed by atoms with Crippen LogP contribution in [0, 0.1) is 0 Å². The lowest BCUT2D eigenvalue weighted by molar-refractivity contribution is 0.0952. The van der Waals surface area contributed by atoms with Gasteiger partial charge in [0, 0.05) is 7.05 Å². The first-order valence-corrected chi connectivity index (χ1v) is 2.52. The third kappa shape index (κ3) is 0.903. The first-order valence-electron chi connectivity index (χ1n) is 2.52. The average molecular weight is 143 g/mol. The van der Waals surface area contributed by atoms with E-state index in [-0.39, 0.29) is 5.69 Å². The molecule has 1 aromatic rings. The molecule has 0 aliphatic heterocycles.